The molecule has 0 spiro atoms. The van der Waals surface area contributed by atoms with Crippen molar-refractivity contribution in [2.75, 3.05) is 19.3 Å². The molecule has 0 aliphatic carbocycles. The van der Waals surface area contributed by atoms with Crippen LogP contribution in [0.1, 0.15) is 40.0 Å². The van der Waals surface area contributed by atoms with E-state index >= 15 is 0 Å². The first-order chi connectivity index (χ1) is 7.59. The lowest BCUT2D eigenvalue weighted by molar-refractivity contribution is -0.124. The van der Waals surface area contributed by atoms with E-state index < -0.39 is 0 Å². The van der Waals surface area contributed by atoms with Crippen LogP contribution < -0.4 is 11.1 Å². The highest BCUT2D eigenvalue weighted by molar-refractivity contribution is 8.00. The van der Waals surface area contributed by atoms with E-state index in [0.29, 0.717) is 6.54 Å². The van der Waals surface area contributed by atoms with Crippen molar-refractivity contribution in [3.05, 3.63) is 0 Å². The van der Waals surface area contributed by atoms with Gasteiger partial charge in [-0.2, -0.15) is 11.8 Å². The van der Waals surface area contributed by atoms with Crippen LogP contribution in [-0.2, 0) is 4.79 Å². The summed E-state index contributed by atoms with van der Waals surface area (Å²) in [6.45, 7) is 7.53. The fraction of sp³-hybridized carbons (Fsp3) is 0.917. The molecular formula is C12H26N2OS. The summed E-state index contributed by atoms with van der Waals surface area (Å²) in [7, 11) is 0. The summed E-state index contributed by atoms with van der Waals surface area (Å²) >= 11 is 1.84. The lowest BCUT2D eigenvalue weighted by Crippen LogP contribution is -2.43. The number of amides is 1. The predicted molar refractivity (Wildman–Crippen MR) is 72.7 cm³/mol. The number of rotatable bonds is 8. The summed E-state index contributed by atoms with van der Waals surface area (Å²) < 4.78 is 0.183. The monoisotopic (exact) mass is 246 g/mol. The van der Waals surface area contributed by atoms with Gasteiger partial charge in [0.2, 0.25) is 5.91 Å². The Morgan fingerprint density at radius 3 is 2.25 bits per heavy atom. The molecule has 0 rings (SSSR count). The number of nitrogens with one attached hydrogen (secondary N) is 1. The van der Waals surface area contributed by atoms with Crippen molar-refractivity contribution in [3.63, 3.8) is 0 Å². The van der Waals surface area contributed by atoms with Crippen LogP contribution in [0.2, 0.25) is 0 Å². The highest BCUT2D eigenvalue weighted by Crippen LogP contribution is 2.29. The van der Waals surface area contributed by atoms with E-state index in [1.165, 1.54) is 0 Å². The number of thioether (sulfide) groups is 1. The van der Waals surface area contributed by atoms with Crippen LogP contribution >= 0.6 is 11.8 Å². The highest BCUT2D eigenvalue weighted by atomic mass is 32.2. The van der Waals surface area contributed by atoms with Crippen molar-refractivity contribution in [2.24, 2.45) is 11.7 Å². The van der Waals surface area contributed by atoms with Crippen molar-refractivity contribution in [2.45, 2.75) is 44.8 Å². The van der Waals surface area contributed by atoms with E-state index in [2.05, 4.69) is 25.4 Å². The highest BCUT2D eigenvalue weighted by Gasteiger charge is 2.26. The zero-order chi connectivity index (χ0) is 12.6. The zero-order valence-electron chi connectivity index (χ0n) is 11.0. The summed E-state index contributed by atoms with van der Waals surface area (Å²) in [5.74, 6) is 0.0681. The van der Waals surface area contributed by atoms with E-state index in [-0.39, 0.29) is 16.6 Å². The molecule has 0 aliphatic heterocycles. The Kier molecular flexibility index (Phi) is 7.85. The molecule has 0 saturated heterocycles. The Bertz CT molecular complexity index is 193. The number of hydrogen-bond acceptors (Lipinski definition) is 3. The van der Waals surface area contributed by atoms with Crippen molar-refractivity contribution in [1.82, 2.24) is 5.32 Å². The second-order valence-corrected chi connectivity index (χ2v) is 5.43. The van der Waals surface area contributed by atoms with Crippen LogP contribution in [0, 0.1) is 5.92 Å². The second-order valence-electron chi connectivity index (χ2n) is 4.15. The minimum absolute atomic E-state index is 0.0340. The van der Waals surface area contributed by atoms with Crippen LogP contribution in [-0.4, -0.2) is 30.0 Å². The number of carbonyl (C=O) groups is 1. The zero-order valence-corrected chi connectivity index (χ0v) is 11.8. The van der Waals surface area contributed by atoms with Gasteiger partial charge >= 0.3 is 0 Å². The van der Waals surface area contributed by atoms with Crippen molar-refractivity contribution in [1.29, 1.82) is 0 Å². The summed E-state index contributed by atoms with van der Waals surface area (Å²) in [5, 5.41) is 3.04. The topological polar surface area (TPSA) is 55.1 Å². The smallest absolute Gasteiger partial charge is 0.224 e. The molecule has 1 atom stereocenters. The summed E-state index contributed by atoms with van der Waals surface area (Å²) in [6, 6.07) is 0. The first kappa shape index (κ1) is 15.8. The van der Waals surface area contributed by atoms with E-state index in [1.54, 1.807) is 0 Å². The molecule has 0 aromatic rings. The number of nitrogens with two attached hydrogens (primary N) is 1. The maximum atomic E-state index is 11.8. The maximum absolute atomic E-state index is 11.8. The third kappa shape index (κ3) is 4.34. The molecule has 16 heavy (non-hydrogen) atoms. The van der Waals surface area contributed by atoms with Gasteiger partial charge in [-0.05, 0) is 25.5 Å². The molecule has 0 aromatic heterocycles. The van der Waals surface area contributed by atoms with Crippen LogP contribution in [0.4, 0.5) is 0 Å². The minimum atomic E-state index is -0.0340. The molecule has 0 radical (unpaired) electrons. The molecule has 4 heteroatoms. The second kappa shape index (κ2) is 7.96. The summed E-state index contributed by atoms with van der Waals surface area (Å²) in [6.07, 6.45) is 5.07. The number of hydrogen-bond donors (Lipinski definition) is 2. The van der Waals surface area contributed by atoms with Gasteiger partial charge in [0.1, 0.15) is 0 Å². The summed E-state index contributed by atoms with van der Waals surface area (Å²) in [5.41, 5.74) is 5.55. The lowest BCUT2D eigenvalue weighted by Gasteiger charge is -2.30. The van der Waals surface area contributed by atoms with Crippen molar-refractivity contribution < 1.29 is 4.79 Å². The van der Waals surface area contributed by atoms with Gasteiger partial charge in [0.15, 0.2) is 0 Å². The first-order valence-corrected chi connectivity index (χ1v) is 7.34. The average Bonchev–Trinajstić information content (AvgIpc) is 2.33. The molecule has 1 amide bonds. The first-order valence-electron chi connectivity index (χ1n) is 6.12. The Balaban J connectivity index is 4.25. The van der Waals surface area contributed by atoms with E-state index in [1.807, 2.05) is 18.7 Å². The van der Waals surface area contributed by atoms with Crippen LogP contribution in [0.5, 0.6) is 0 Å². The Hall–Kier alpha value is -0.220. The largest absolute Gasteiger partial charge is 0.354 e. The van der Waals surface area contributed by atoms with Gasteiger partial charge < -0.3 is 11.1 Å². The Morgan fingerprint density at radius 2 is 1.94 bits per heavy atom. The van der Waals surface area contributed by atoms with Gasteiger partial charge in [-0.1, -0.05) is 20.8 Å². The van der Waals surface area contributed by atoms with Gasteiger partial charge in [-0.3, -0.25) is 4.79 Å². The van der Waals surface area contributed by atoms with E-state index in [0.717, 1.165) is 25.8 Å². The van der Waals surface area contributed by atoms with Crippen molar-refractivity contribution in [3.8, 4) is 0 Å². The van der Waals surface area contributed by atoms with Crippen LogP contribution in [0.3, 0.4) is 0 Å². The molecule has 0 saturated carbocycles. The molecule has 0 fully saturated rings. The van der Waals surface area contributed by atoms with Crippen molar-refractivity contribution >= 4 is 17.7 Å². The van der Waals surface area contributed by atoms with E-state index in [9.17, 15) is 4.79 Å². The summed E-state index contributed by atoms with van der Waals surface area (Å²) in [4.78, 5) is 11.8. The van der Waals surface area contributed by atoms with Gasteiger partial charge in [0.25, 0.3) is 0 Å². The molecule has 3 N–H and O–H groups in total. The molecule has 0 heterocycles. The molecular weight excluding hydrogens is 220 g/mol. The fourth-order valence-corrected chi connectivity index (χ4v) is 2.51. The van der Waals surface area contributed by atoms with Gasteiger partial charge in [-0.15, -0.1) is 0 Å². The molecule has 0 aromatic carbocycles. The Labute approximate surface area is 104 Å². The third-order valence-corrected chi connectivity index (χ3v) is 5.04. The maximum Gasteiger partial charge on any atom is 0.224 e. The minimum Gasteiger partial charge on any atom is -0.354 e. The van der Waals surface area contributed by atoms with Gasteiger partial charge in [0.05, 0.1) is 0 Å². The van der Waals surface area contributed by atoms with E-state index in [4.69, 9.17) is 5.73 Å². The SMILES string of the molecule is CCC(CN)C(=O)NCC(CC)(CC)SC. The normalized spacial score (nSPS) is 13.6. The Morgan fingerprint density at radius 1 is 1.38 bits per heavy atom. The lowest BCUT2D eigenvalue weighted by atomic mass is 10.0. The molecule has 3 nitrogen and oxygen atoms in total. The number of carbonyl (C=O) groups excluding carboxylic acids is 1. The van der Waals surface area contributed by atoms with Gasteiger partial charge in [-0.25, -0.2) is 0 Å². The quantitative estimate of drug-likeness (QED) is 0.689. The standard InChI is InChI=1S/C12H26N2OS/c1-5-10(8-13)11(15)14-9-12(6-2,7-3)16-4/h10H,5-9,13H2,1-4H3,(H,14,15). The van der Waals surface area contributed by atoms with Crippen LogP contribution in [0.25, 0.3) is 0 Å². The molecule has 0 bridgehead atoms. The predicted octanol–water partition coefficient (Wildman–Crippen LogP) is 2.01. The van der Waals surface area contributed by atoms with Crippen LogP contribution in [0.15, 0.2) is 0 Å². The molecule has 0 aliphatic rings. The average molecular weight is 246 g/mol. The molecule has 1 unspecified atom stereocenters. The molecule has 96 valence electrons. The van der Waals surface area contributed by atoms with Gasteiger partial charge in [0, 0.05) is 23.8 Å². The fourth-order valence-electron chi connectivity index (χ4n) is 1.71. The third-order valence-electron chi connectivity index (χ3n) is 3.45.